The van der Waals surface area contributed by atoms with E-state index in [1.807, 2.05) is 30.4 Å². The molecule has 3 aromatic rings. The molecule has 9 heteroatoms. The van der Waals surface area contributed by atoms with E-state index < -0.39 is 5.82 Å². The Morgan fingerprint density at radius 3 is 3.00 bits per heavy atom. The maximum absolute atomic E-state index is 14.1. The zero-order valence-corrected chi connectivity index (χ0v) is 17.1. The molecule has 162 valence electrons. The predicted octanol–water partition coefficient (Wildman–Crippen LogP) is 3.87. The van der Waals surface area contributed by atoms with Gasteiger partial charge in [-0.15, -0.1) is 0 Å². The van der Waals surface area contributed by atoms with Crippen LogP contribution in [0.4, 0.5) is 15.9 Å². The molecule has 0 spiro atoms. The second kappa shape index (κ2) is 10.2. The van der Waals surface area contributed by atoms with E-state index in [0.717, 1.165) is 17.6 Å². The second-order valence-corrected chi connectivity index (χ2v) is 6.91. The molecule has 4 rings (SSSR count). The van der Waals surface area contributed by atoms with Crippen molar-refractivity contribution in [1.29, 1.82) is 0 Å². The fourth-order valence-corrected chi connectivity index (χ4v) is 3.08. The number of rotatable bonds is 8. The molecule has 0 unspecified atom stereocenters. The SMILES string of the molecule is O=C(CNc1ccc(F)c(COc2cnccn2)c1)Nc1[nH]ncc1C1=CC=CC=CC1. The molecule has 1 amide bonds. The molecule has 2 heterocycles. The summed E-state index contributed by atoms with van der Waals surface area (Å²) >= 11 is 0. The summed E-state index contributed by atoms with van der Waals surface area (Å²) in [4.78, 5) is 20.4. The number of amides is 1. The van der Waals surface area contributed by atoms with Gasteiger partial charge in [-0.3, -0.25) is 14.9 Å². The molecule has 0 fully saturated rings. The number of anilines is 2. The summed E-state index contributed by atoms with van der Waals surface area (Å²) in [5.74, 6) is 0.155. The molecule has 1 aliphatic rings. The van der Waals surface area contributed by atoms with Crippen LogP contribution >= 0.6 is 0 Å². The first-order valence-corrected chi connectivity index (χ1v) is 9.96. The molecule has 0 aliphatic heterocycles. The quantitative estimate of drug-likeness (QED) is 0.499. The minimum Gasteiger partial charge on any atom is -0.472 e. The summed E-state index contributed by atoms with van der Waals surface area (Å²) in [6.07, 6.45) is 16.8. The molecule has 1 aromatic carbocycles. The van der Waals surface area contributed by atoms with Gasteiger partial charge in [0.25, 0.3) is 0 Å². The number of benzene rings is 1. The lowest BCUT2D eigenvalue weighted by molar-refractivity contribution is -0.114. The highest BCUT2D eigenvalue weighted by atomic mass is 19.1. The summed E-state index contributed by atoms with van der Waals surface area (Å²) in [7, 11) is 0. The zero-order valence-electron chi connectivity index (χ0n) is 17.1. The fourth-order valence-electron chi connectivity index (χ4n) is 3.08. The molecule has 32 heavy (non-hydrogen) atoms. The highest BCUT2D eigenvalue weighted by molar-refractivity contribution is 5.95. The van der Waals surface area contributed by atoms with Gasteiger partial charge in [0.2, 0.25) is 11.8 Å². The normalized spacial score (nSPS) is 12.7. The van der Waals surface area contributed by atoms with Crippen LogP contribution in [0, 0.1) is 5.82 Å². The van der Waals surface area contributed by atoms with E-state index in [2.05, 4.69) is 30.8 Å². The first-order valence-electron chi connectivity index (χ1n) is 9.96. The van der Waals surface area contributed by atoms with Crippen molar-refractivity contribution in [3.05, 3.63) is 90.3 Å². The van der Waals surface area contributed by atoms with Crippen LogP contribution in [0.2, 0.25) is 0 Å². The summed E-state index contributed by atoms with van der Waals surface area (Å²) < 4.78 is 19.6. The molecule has 0 radical (unpaired) electrons. The van der Waals surface area contributed by atoms with Crippen molar-refractivity contribution in [2.24, 2.45) is 0 Å². The van der Waals surface area contributed by atoms with Crippen LogP contribution in [0.3, 0.4) is 0 Å². The molecular formula is C23H21FN6O2. The van der Waals surface area contributed by atoms with Gasteiger partial charge in [-0.05, 0) is 30.2 Å². The van der Waals surface area contributed by atoms with Gasteiger partial charge in [-0.1, -0.05) is 30.4 Å². The van der Waals surface area contributed by atoms with E-state index in [4.69, 9.17) is 4.74 Å². The number of nitrogens with zero attached hydrogens (tertiary/aromatic N) is 3. The highest BCUT2D eigenvalue weighted by Gasteiger charge is 2.13. The lowest BCUT2D eigenvalue weighted by Crippen LogP contribution is -2.22. The largest absolute Gasteiger partial charge is 0.472 e. The zero-order chi connectivity index (χ0) is 22.2. The van der Waals surface area contributed by atoms with Crippen molar-refractivity contribution in [2.75, 3.05) is 17.2 Å². The Balaban J connectivity index is 1.35. The smallest absolute Gasteiger partial charge is 0.244 e. The van der Waals surface area contributed by atoms with Gasteiger partial charge in [0, 0.05) is 29.2 Å². The fraction of sp³-hybridized carbons (Fsp3) is 0.130. The van der Waals surface area contributed by atoms with Crippen LogP contribution in [-0.2, 0) is 11.4 Å². The Morgan fingerprint density at radius 1 is 1.19 bits per heavy atom. The maximum Gasteiger partial charge on any atom is 0.244 e. The van der Waals surface area contributed by atoms with E-state index in [-0.39, 0.29) is 19.1 Å². The van der Waals surface area contributed by atoms with Crippen molar-refractivity contribution in [3.8, 4) is 5.88 Å². The highest BCUT2D eigenvalue weighted by Crippen LogP contribution is 2.26. The van der Waals surface area contributed by atoms with E-state index in [1.54, 1.807) is 18.3 Å². The molecule has 3 N–H and O–H groups in total. The molecule has 0 saturated heterocycles. The lowest BCUT2D eigenvalue weighted by atomic mass is 10.1. The van der Waals surface area contributed by atoms with Gasteiger partial charge in [-0.2, -0.15) is 5.10 Å². The van der Waals surface area contributed by atoms with E-state index in [0.29, 0.717) is 22.9 Å². The summed E-state index contributed by atoms with van der Waals surface area (Å²) in [6.45, 7) is -0.0187. The minimum absolute atomic E-state index is 0.00654. The number of ether oxygens (including phenoxy) is 1. The number of carbonyl (C=O) groups is 1. The molecular weight excluding hydrogens is 411 g/mol. The van der Waals surface area contributed by atoms with Crippen molar-refractivity contribution in [1.82, 2.24) is 20.2 Å². The van der Waals surface area contributed by atoms with Crippen LogP contribution in [0.1, 0.15) is 17.5 Å². The van der Waals surface area contributed by atoms with Crippen LogP contribution in [0.5, 0.6) is 5.88 Å². The van der Waals surface area contributed by atoms with Crippen molar-refractivity contribution in [2.45, 2.75) is 13.0 Å². The van der Waals surface area contributed by atoms with Gasteiger partial charge in [-0.25, -0.2) is 9.37 Å². The Hall–Kier alpha value is -4.27. The standard InChI is InChI=1S/C23H21FN6O2/c24-20-8-7-18(11-17(20)15-32-22-14-25-9-10-26-22)27-13-21(31)29-23-19(12-28-30-23)16-5-3-1-2-4-6-16/h1-5,7-12,14,27H,6,13,15H2,(H2,28,29,30,31). The summed E-state index contributed by atoms with van der Waals surface area (Å²) in [6, 6.07) is 4.48. The molecule has 2 aromatic heterocycles. The monoisotopic (exact) mass is 432 g/mol. The number of H-pyrrole nitrogens is 1. The van der Waals surface area contributed by atoms with Crippen LogP contribution < -0.4 is 15.4 Å². The molecule has 0 saturated carbocycles. The number of nitrogens with one attached hydrogen (secondary N) is 3. The lowest BCUT2D eigenvalue weighted by Gasteiger charge is -2.11. The van der Waals surface area contributed by atoms with Crippen LogP contribution in [0.15, 0.2) is 73.4 Å². The number of hydrogen-bond acceptors (Lipinski definition) is 6. The average Bonchev–Trinajstić information content (AvgIpc) is 3.10. The third-order valence-electron chi connectivity index (χ3n) is 4.66. The molecule has 1 aliphatic carbocycles. The Morgan fingerprint density at radius 2 is 2.12 bits per heavy atom. The van der Waals surface area contributed by atoms with Gasteiger partial charge in [0.1, 0.15) is 18.2 Å². The number of halogens is 1. The number of allylic oxidation sites excluding steroid dienone is 6. The van der Waals surface area contributed by atoms with E-state index in [9.17, 15) is 9.18 Å². The third kappa shape index (κ3) is 5.45. The number of aromatic nitrogens is 4. The predicted molar refractivity (Wildman–Crippen MR) is 119 cm³/mol. The van der Waals surface area contributed by atoms with Crippen molar-refractivity contribution in [3.63, 3.8) is 0 Å². The van der Waals surface area contributed by atoms with Crippen LogP contribution in [0.25, 0.3) is 5.57 Å². The summed E-state index contributed by atoms with van der Waals surface area (Å²) in [5.41, 5.74) is 2.79. The van der Waals surface area contributed by atoms with E-state index >= 15 is 0 Å². The third-order valence-corrected chi connectivity index (χ3v) is 4.66. The van der Waals surface area contributed by atoms with Crippen molar-refractivity contribution >= 4 is 23.0 Å². The van der Waals surface area contributed by atoms with Gasteiger partial charge < -0.3 is 15.4 Å². The number of aromatic amines is 1. The minimum atomic E-state index is -0.411. The molecule has 0 bridgehead atoms. The Bertz CT molecular complexity index is 1170. The average molecular weight is 432 g/mol. The molecule has 0 atom stereocenters. The van der Waals surface area contributed by atoms with Gasteiger partial charge in [0.15, 0.2) is 0 Å². The van der Waals surface area contributed by atoms with E-state index in [1.165, 1.54) is 24.7 Å². The topological polar surface area (TPSA) is 105 Å². The maximum atomic E-state index is 14.1. The Labute approximate surface area is 183 Å². The van der Waals surface area contributed by atoms with Crippen molar-refractivity contribution < 1.29 is 13.9 Å². The number of hydrogen-bond donors (Lipinski definition) is 3. The van der Waals surface area contributed by atoms with Gasteiger partial charge in [0.05, 0.1) is 18.9 Å². The first-order chi connectivity index (χ1) is 15.7. The first kappa shape index (κ1) is 21.0. The second-order valence-electron chi connectivity index (χ2n) is 6.91. The summed E-state index contributed by atoms with van der Waals surface area (Å²) in [5, 5.41) is 12.7. The number of carbonyl (C=O) groups excluding carboxylic acids is 1. The van der Waals surface area contributed by atoms with Gasteiger partial charge >= 0.3 is 0 Å². The Kier molecular flexibility index (Phi) is 6.66. The molecule has 8 nitrogen and oxygen atoms in total. The van der Waals surface area contributed by atoms with Crippen LogP contribution in [-0.4, -0.2) is 32.6 Å².